The van der Waals surface area contributed by atoms with Crippen molar-refractivity contribution in [1.82, 2.24) is 4.90 Å². The van der Waals surface area contributed by atoms with Crippen molar-refractivity contribution < 1.29 is 14.6 Å². The summed E-state index contributed by atoms with van der Waals surface area (Å²) < 4.78 is 5.13. The Hall–Kier alpha value is -0.610. The SMILES string of the molecule is COCCN(CCO)C(=O)C12CC3CC(CC(C)(C3)C1)C2. The van der Waals surface area contributed by atoms with Crippen LogP contribution in [0.15, 0.2) is 0 Å². The van der Waals surface area contributed by atoms with E-state index in [2.05, 4.69) is 6.92 Å². The number of methoxy groups -OCH3 is 1. The maximum Gasteiger partial charge on any atom is 0.228 e. The van der Waals surface area contributed by atoms with Crippen LogP contribution in [-0.2, 0) is 9.53 Å². The first-order chi connectivity index (χ1) is 10.0. The number of amides is 1. The molecule has 4 aliphatic rings. The first-order valence-electron chi connectivity index (χ1n) is 8.39. The summed E-state index contributed by atoms with van der Waals surface area (Å²) in [5.41, 5.74) is 0.244. The van der Waals surface area contributed by atoms with Crippen LogP contribution < -0.4 is 0 Å². The molecule has 4 saturated carbocycles. The van der Waals surface area contributed by atoms with E-state index in [1.165, 1.54) is 19.3 Å². The van der Waals surface area contributed by atoms with E-state index in [0.29, 0.717) is 25.1 Å². The molecule has 4 heteroatoms. The third kappa shape index (κ3) is 2.72. The monoisotopic (exact) mass is 295 g/mol. The van der Waals surface area contributed by atoms with Crippen molar-refractivity contribution in [1.29, 1.82) is 0 Å². The normalized spacial score (nSPS) is 40.5. The number of carbonyl (C=O) groups excluding carboxylic acids is 1. The smallest absolute Gasteiger partial charge is 0.228 e. The maximum absolute atomic E-state index is 13.2. The minimum Gasteiger partial charge on any atom is -0.395 e. The minimum atomic E-state index is -0.137. The fraction of sp³-hybridized carbons (Fsp3) is 0.941. The van der Waals surface area contributed by atoms with Gasteiger partial charge in [-0.25, -0.2) is 0 Å². The Balaban J connectivity index is 1.79. The number of hydrogen-bond donors (Lipinski definition) is 1. The van der Waals surface area contributed by atoms with Crippen LogP contribution in [0.4, 0.5) is 0 Å². The second-order valence-electron chi connectivity index (χ2n) is 8.06. The highest BCUT2D eigenvalue weighted by Gasteiger charge is 2.59. The fourth-order valence-corrected chi connectivity index (χ4v) is 5.94. The van der Waals surface area contributed by atoms with Gasteiger partial charge in [0.2, 0.25) is 5.91 Å². The van der Waals surface area contributed by atoms with Gasteiger partial charge < -0.3 is 14.7 Å². The second-order valence-corrected chi connectivity index (χ2v) is 8.06. The molecule has 0 aliphatic heterocycles. The molecule has 0 aromatic rings. The Kier molecular flexibility index (Phi) is 4.04. The summed E-state index contributed by atoms with van der Waals surface area (Å²) in [6.45, 7) is 4.01. The van der Waals surface area contributed by atoms with Gasteiger partial charge in [0, 0.05) is 20.2 Å². The van der Waals surface area contributed by atoms with Crippen molar-refractivity contribution >= 4 is 5.91 Å². The summed E-state index contributed by atoms with van der Waals surface area (Å²) in [6.07, 6.45) is 7.18. The lowest BCUT2D eigenvalue weighted by atomic mass is 9.44. The van der Waals surface area contributed by atoms with Crippen LogP contribution in [0.3, 0.4) is 0 Å². The van der Waals surface area contributed by atoms with Gasteiger partial charge in [-0.1, -0.05) is 6.92 Å². The van der Waals surface area contributed by atoms with Gasteiger partial charge in [-0.05, 0) is 55.8 Å². The van der Waals surface area contributed by atoms with Crippen LogP contribution >= 0.6 is 0 Å². The highest BCUT2D eigenvalue weighted by atomic mass is 16.5. The van der Waals surface area contributed by atoms with Gasteiger partial charge in [-0.3, -0.25) is 4.79 Å². The zero-order chi connectivity index (χ0) is 15.1. The van der Waals surface area contributed by atoms with Crippen LogP contribution in [0.2, 0.25) is 0 Å². The number of aliphatic hydroxyl groups excluding tert-OH is 1. The standard InChI is InChI=1S/C17H29NO3/c1-16-8-13-7-14(9-16)11-17(10-13,12-16)15(20)18(3-5-19)4-6-21-2/h13-14,19H,3-12H2,1-2H3. The fourth-order valence-electron chi connectivity index (χ4n) is 5.94. The van der Waals surface area contributed by atoms with Gasteiger partial charge >= 0.3 is 0 Å². The van der Waals surface area contributed by atoms with Crippen LogP contribution in [0.5, 0.6) is 0 Å². The molecule has 0 heterocycles. The molecule has 2 unspecified atom stereocenters. The summed E-state index contributed by atoms with van der Waals surface area (Å²) in [4.78, 5) is 15.0. The molecule has 1 amide bonds. The predicted octanol–water partition coefficient (Wildman–Crippen LogP) is 2.06. The van der Waals surface area contributed by atoms with E-state index in [1.54, 1.807) is 7.11 Å². The topological polar surface area (TPSA) is 49.8 Å². The lowest BCUT2D eigenvalue weighted by molar-refractivity contribution is -0.167. The summed E-state index contributed by atoms with van der Waals surface area (Å²) >= 11 is 0. The summed E-state index contributed by atoms with van der Waals surface area (Å²) in [5.74, 6) is 1.78. The van der Waals surface area contributed by atoms with Gasteiger partial charge in [0.1, 0.15) is 0 Å². The van der Waals surface area contributed by atoms with Crippen molar-refractivity contribution in [2.45, 2.75) is 45.4 Å². The number of ether oxygens (including phenoxy) is 1. The van der Waals surface area contributed by atoms with E-state index < -0.39 is 0 Å². The zero-order valence-corrected chi connectivity index (χ0v) is 13.4. The average Bonchev–Trinajstić information content (AvgIpc) is 2.40. The number of aliphatic hydroxyl groups is 1. The highest BCUT2D eigenvalue weighted by molar-refractivity contribution is 5.83. The molecular weight excluding hydrogens is 266 g/mol. The molecule has 0 aromatic heterocycles. The van der Waals surface area contributed by atoms with Gasteiger partial charge in [0.15, 0.2) is 0 Å². The van der Waals surface area contributed by atoms with Gasteiger partial charge in [0.05, 0.1) is 18.6 Å². The Bertz CT molecular complexity index is 395. The summed E-state index contributed by atoms with van der Waals surface area (Å²) in [6, 6.07) is 0. The molecule has 0 spiro atoms. The molecule has 4 rings (SSSR count). The Labute approximate surface area is 127 Å². The molecule has 4 nitrogen and oxygen atoms in total. The summed E-state index contributed by atoms with van der Waals surface area (Å²) in [7, 11) is 1.66. The van der Waals surface area contributed by atoms with Crippen molar-refractivity contribution in [3.8, 4) is 0 Å². The lowest BCUT2D eigenvalue weighted by Crippen LogP contribution is -2.58. The predicted molar refractivity (Wildman–Crippen MR) is 80.8 cm³/mol. The molecule has 0 radical (unpaired) electrons. The van der Waals surface area contributed by atoms with E-state index in [4.69, 9.17) is 4.74 Å². The van der Waals surface area contributed by atoms with Crippen molar-refractivity contribution in [3.05, 3.63) is 0 Å². The molecule has 0 aromatic carbocycles. The van der Waals surface area contributed by atoms with Gasteiger partial charge in [-0.15, -0.1) is 0 Å². The second kappa shape index (κ2) is 5.54. The molecule has 21 heavy (non-hydrogen) atoms. The van der Waals surface area contributed by atoms with Gasteiger partial charge in [0.25, 0.3) is 0 Å². The molecule has 4 bridgehead atoms. The van der Waals surface area contributed by atoms with Crippen molar-refractivity contribution in [2.75, 3.05) is 33.4 Å². The van der Waals surface area contributed by atoms with Crippen molar-refractivity contribution in [2.24, 2.45) is 22.7 Å². The molecule has 2 atom stereocenters. The van der Waals surface area contributed by atoms with Crippen molar-refractivity contribution in [3.63, 3.8) is 0 Å². The highest BCUT2D eigenvalue weighted by Crippen LogP contribution is 2.65. The number of nitrogens with zero attached hydrogens (tertiary/aromatic N) is 1. The first kappa shape index (κ1) is 15.3. The molecular formula is C17H29NO3. The van der Waals surface area contributed by atoms with Gasteiger partial charge in [-0.2, -0.15) is 0 Å². The third-order valence-corrected chi connectivity index (χ3v) is 6.03. The van der Waals surface area contributed by atoms with Crippen LogP contribution in [0, 0.1) is 22.7 Å². The zero-order valence-electron chi connectivity index (χ0n) is 13.4. The third-order valence-electron chi connectivity index (χ3n) is 6.03. The van der Waals surface area contributed by atoms with E-state index in [1.807, 2.05) is 4.90 Å². The van der Waals surface area contributed by atoms with Crippen LogP contribution in [0.25, 0.3) is 0 Å². The largest absolute Gasteiger partial charge is 0.395 e. The van der Waals surface area contributed by atoms with E-state index in [9.17, 15) is 9.90 Å². The Morgan fingerprint density at radius 3 is 2.43 bits per heavy atom. The number of carbonyl (C=O) groups is 1. The van der Waals surface area contributed by atoms with Crippen LogP contribution in [-0.4, -0.2) is 49.3 Å². The molecule has 4 fully saturated rings. The lowest BCUT2D eigenvalue weighted by Gasteiger charge is -2.61. The van der Waals surface area contributed by atoms with E-state index >= 15 is 0 Å². The number of rotatable bonds is 6. The van der Waals surface area contributed by atoms with Crippen LogP contribution in [0.1, 0.15) is 45.4 Å². The minimum absolute atomic E-state index is 0.0374. The molecule has 120 valence electrons. The molecule has 1 N–H and O–H groups in total. The Morgan fingerprint density at radius 2 is 1.90 bits per heavy atom. The van der Waals surface area contributed by atoms with E-state index in [-0.39, 0.29) is 17.9 Å². The quantitative estimate of drug-likeness (QED) is 0.816. The molecule has 0 saturated heterocycles. The first-order valence-corrected chi connectivity index (χ1v) is 8.39. The van der Waals surface area contributed by atoms with E-state index in [0.717, 1.165) is 31.1 Å². The summed E-state index contributed by atoms with van der Waals surface area (Å²) in [5, 5.41) is 9.28. The molecule has 4 aliphatic carbocycles. The Morgan fingerprint density at radius 1 is 1.24 bits per heavy atom. The maximum atomic E-state index is 13.2. The number of hydrogen-bond acceptors (Lipinski definition) is 3. The average molecular weight is 295 g/mol.